The first-order chi connectivity index (χ1) is 14.2. The summed E-state index contributed by atoms with van der Waals surface area (Å²) in [5.41, 5.74) is 0.954. The van der Waals surface area contributed by atoms with E-state index in [1.54, 1.807) is 11.5 Å². The summed E-state index contributed by atoms with van der Waals surface area (Å²) in [6.45, 7) is 5.56. The van der Waals surface area contributed by atoms with Gasteiger partial charge in [-0.2, -0.15) is 13.0 Å². The molecule has 1 heterocycles. The number of carbonyl (C=O) groups is 1. The van der Waals surface area contributed by atoms with Crippen LogP contribution < -0.4 is 0 Å². The zero-order valence-electron chi connectivity index (χ0n) is 17.9. The lowest BCUT2D eigenvalue weighted by atomic mass is 9.76. The lowest BCUT2D eigenvalue weighted by Crippen LogP contribution is -2.37. The van der Waals surface area contributed by atoms with Crippen LogP contribution in [-0.2, 0) is 30.4 Å². The molecular formula is C20H29NO8S2. The van der Waals surface area contributed by atoms with Gasteiger partial charge in [-0.15, -0.1) is 0 Å². The molecule has 11 heteroatoms. The van der Waals surface area contributed by atoms with Crippen LogP contribution in [0.15, 0.2) is 23.1 Å². The van der Waals surface area contributed by atoms with Gasteiger partial charge in [-0.1, -0.05) is 19.8 Å². The first-order valence-electron chi connectivity index (χ1n) is 10.1. The minimum absolute atomic E-state index is 0.189. The summed E-state index contributed by atoms with van der Waals surface area (Å²) in [4.78, 5) is 11.7. The van der Waals surface area contributed by atoms with E-state index in [0.717, 1.165) is 6.42 Å². The number of unbranched alkanes of at least 4 members (excludes halogenated alkanes) is 2. The summed E-state index contributed by atoms with van der Waals surface area (Å²) in [7, 11) is -8.81. The van der Waals surface area contributed by atoms with E-state index in [1.165, 1.54) is 18.2 Å². The van der Waals surface area contributed by atoms with Gasteiger partial charge in [0.1, 0.15) is 10.1 Å². The first kappa shape index (κ1) is 25.4. The van der Waals surface area contributed by atoms with Gasteiger partial charge < -0.3 is 9.66 Å². The third kappa shape index (κ3) is 5.71. The highest BCUT2D eigenvalue weighted by molar-refractivity contribution is 7.86. The van der Waals surface area contributed by atoms with Gasteiger partial charge in [0, 0.05) is 25.0 Å². The molecule has 2 unspecified atom stereocenters. The Morgan fingerprint density at radius 2 is 1.84 bits per heavy atom. The fourth-order valence-electron chi connectivity index (χ4n) is 4.20. The number of carboxylic acid groups (broad SMARTS) is 1. The van der Waals surface area contributed by atoms with E-state index in [-0.39, 0.29) is 6.42 Å². The van der Waals surface area contributed by atoms with Crippen molar-refractivity contribution in [2.75, 3.05) is 5.75 Å². The average molecular weight is 476 g/mol. The van der Waals surface area contributed by atoms with Crippen molar-refractivity contribution in [3.05, 3.63) is 23.8 Å². The second-order valence-electron chi connectivity index (χ2n) is 8.16. The van der Waals surface area contributed by atoms with Crippen LogP contribution in [0.3, 0.4) is 0 Å². The van der Waals surface area contributed by atoms with Crippen LogP contribution in [0.1, 0.15) is 64.9 Å². The maximum Gasteiger partial charge on any atom is 0.373 e. The van der Waals surface area contributed by atoms with Crippen molar-refractivity contribution in [2.45, 2.75) is 75.6 Å². The molecule has 0 bridgehead atoms. The van der Waals surface area contributed by atoms with Crippen molar-refractivity contribution in [1.82, 2.24) is 0 Å². The number of carboxylic acids is 1. The molecule has 1 aliphatic rings. The Morgan fingerprint density at radius 1 is 1.19 bits per heavy atom. The first-order valence-corrected chi connectivity index (χ1v) is 13.2. The van der Waals surface area contributed by atoms with Crippen LogP contribution in [0.5, 0.6) is 0 Å². The minimum atomic E-state index is -4.71. The second-order valence-corrected chi connectivity index (χ2v) is 11.1. The van der Waals surface area contributed by atoms with Gasteiger partial charge in [-0.05, 0) is 38.3 Å². The van der Waals surface area contributed by atoms with Crippen LogP contribution in [0, 0.1) is 0 Å². The topological polar surface area (TPSA) is 152 Å². The maximum atomic E-state index is 12.1. The molecule has 9 nitrogen and oxygen atoms in total. The molecule has 0 radical (unpaired) electrons. The number of aliphatic carboxylic acids is 1. The van der Waals surface area contributed by atoms with Gasteiger partial charge in [-0.25, -0.2) is 13.2 Å². The number of benzene rings is 1. The van der Waals surface area contributed by atoms with E-state index < -0.39 is 48.3 Å². The van der Waals surface area contributed by atoms with Crippen molar-refractivity contribution in [3.63, 3.8) is 0 Å². The lowest BCUT2D eigenvalue weighted by molar-refractivity contribution is -0.473. The maximum absolute atomic E-state index is 12.1. The standard InChI is InChI=1S/C20H29NO8S2/c1-4-5-8-18(19(22)23)21-14(2)20(3,11-6-7-12-30(24,25)26)16-13-15(31(27,28)29)9-10-17(16)21/h9-10,13,18H,4-8,11-12H2,1-3H3,(H2-,22,23,24,25,26,27,28,29). The fraction of sp³-hybridized carbons (Fsp3) is 0.600. The molecule has 1 aromatic carbocycles. The van der Waals surface area contributed by atoms with Gasteiger partial charge in [0.05, 0.1) is 16.1 Å². The quantitative estimate of drug-likeness (QED) is 0.281. The smallest absolute Gasteiger partial charge is 0.373 e. The van der Waals surface area contributed by atoms with Crippen molar-refractivity contribution >= 4 is 37.6 Å². The summed E-state index contributed by atoms with van der Waals surface area (Å²) >= 11 is 0. The Balaban J connectivity index is 2.57. The molecule has 1 aliphatic heterocycles. The molecule has 174 valence electrons. The molecule has 0 saturated carbocycles. The molecule has 2 rings (SSSR count). The Morgan fingerprint density at radius 3 is 2.35 bits per heavy atom. The molecule has 0 fully saturated rings. The molecule has 2 N–H and O–H groups in total. The second kappa shape index (κ2) is 9.35. The lowest BCUT2D eigenvalue weighted by Gasteiger charge is -2.23. The van der Waals surface area contributed by atoms with Crippen molar-refractivity contribution in [3.8, 4) is 0 Å². The van der Waals surface area contributed by atoms with Gasteiger partial charge >= 0.3 is 5.97 Å². The Labute approximate surface area is 183 Å². The molecule has 0 amide bonds. The van der Waals surface area contributed by atoms with E-state index in [2.05, 4.69) is 0 Å². The third-order valence-electron chi connectivity index (χ3n) is 6.03. The van der Waals surface area contributed by atoms with Crippen LogP contribution in [0.4, 0.5) is 5.69 Å². The molecule has 0 aliphatic carbocycles. The third-order valence-corrected chi connectivity index (χ3v) is 7.66. The minimum Gasteiger partial charge on any atom is -0.744 e. The molecule has 31 heavy (non-hydrogen) atoms. The summed E-state index contributed by atoms with van der Waals surface area (Å²) in [6.07, 6.45) is 2.86. The Kier molecular flexibility index (Phi) is 7.68. The van der Waals surface area contributed by atoms with E-state index >= 15 is 0 Å². The van der Waals surface area contributed by atoms with E-state index in [1.807, 2.05) is 13.8 Å². The van der Waals surface area contributed by atoms with Crippen molar-refractivity contribution in [1.29, 1.82) is 0 Å². The molecular weight excluding hydrogens is 446 g/mol. The van der Waals surface area contributed by atoms with E-state index in [0.29, 0.717) is 42.6 Å². The van der Waals surface area contributed by atoms with Crippen LogP contribution in [0.2, 0.25) is 0 Å². The average Bonchev–Trinajstić information content (AvgIpc) is 2.86. The molecule has 0 saturated heterocycles. The number of rotatable bonds is 11. The van der Waals surface area contributed by atoms with Crippen molar-refractivity contribution in [2.24, 2.45) is 0 Å². The van der Waals surface area contributed by atoms with Gasteiger partial charge in [0.15, 0.2) is 5.71 Å². The molecule has 2 atom stereocenters. The molecule has 0 aromatic heterocycles. The highest BCUT2D eigenvalue weighted by Gasteiger charge is 2.50. The fourth-order valence-corrected chi connectivity index (χ4v) is 5.27. The van der Waals surface area contributed by atoms with Gasteiger partial charge in [0.2, 0.25) is 5.69 Å². The van der Waals surface area contributed by atoms with E-state index in [4.69, 9.17) is 4.55 Å². The summed E-state index contributed by atoms with van der Waals surface area (Å²) in [5.74, 6) is -1.41. The summed E-state index contributed by atoms with van der Waals surface area (Å²) in [6, 6.07) is 3.09. The highest BCUT2D eigenvalue weighted by Crippen LogP contribution is 2.45. The normalized spacial score (nSPS) is 20.0. The monoisotopic (exact) mass is 475 g/mol. The SMILES string of the molecule is CCCCC(C(=O)O)[N+]1=C(C)C(C)(CCCCS(=O)(=O)O)c2cc(S(=O)(=O)[O-])ccc21. The van der Waals surface area contributed by atoms with Crippen LogP contribution in [0.25, 0.3) is 0 Å². The van der Waals surface area contributed by atoms with Crippen molar-refractivity contribution < 1.29 is 40.4 Å². The van der Waals surface area contributed by atoms with E-state index in [9.17, 15) is 31.3 Å². The Hall–Kier alpha value is -1.82. The van der Waals surface area contributed by atoms with Crippen LogP contribution in [-0.4, -0.2) is 59.1 Å². The number of hydrogen-bond donors (Lipinski definition) is 2. The Bertz CT molecular complexity index is 1090. The molecule has 0 spiro atoms. The summed E-state index contributed by atoms with van der Waals surface area (Å²) < 4.78 is 67.5. The number of nitrogens with zero attached hydrogens (tertiary/aromatic N) is 1. The van der Waals surface area contributed by atoms with Gasteiger partial charge in [-0.3, -0.25) is 4.55 Å². The molecule has 1 aromatic rings. The number of fused-ring (bicyclic) bond motifs is 1. The van der Waals surface area contributed by atoms with Crippen LogP contribution >= 0.6 is 0 Å². The summed E-state index contributed by atoms with van der Waals surface area (Å²) in [5, 5.41) is 9.87. The zero-order chi connectivity index (χ0) is 23.6. The zero-order valence-corrected chi connectivity index (χ0v) is 19.5. The number of hydrogen-bond acceptors (Lipinski definition) is 6. The predicted octanol–water partition coefficient (Wildman–Crippen LogP) is 2.67. The van der Waals surface area contributed by atoms with Gasteiger partial charge in [0.25, 0.3) is 16.2 Å². The largest absolute Gasteiger partial charge is 0.744 e. The highest BCUT2D eigenvalue weighted by atomic mass is 32.2. The predicted molar refractivity (Wildman–Crippen MR) is 114 cm³/mol.